The second-order valence-corrected chi connectivity index (χ2v) is 7.59. The van der Waals surface area contributed by atoms with Gasteiger partial charge >= 0.3 is 0 Å². The van der Waals surface area contributed by atoms with Crippen molar-refractivity contribution < 1.29 is 14.0 Å². The van der Waals surface area contributed by atoms with E-state index in [9.17, 15) is 9.59 Å². The number of guanidine groups is 1. The Morgan fingerprint density at radius 2 is 1.90 bits per heavy atom. The molecule has 2 rings (SSSR count). The summed E-state index contributed by atoms with van der Waals surface area (Å²) in [6.07, 6.45) is 5.20. The number of rotatable bonds is 10. The monoisotopic (exact) mass is 420 g/mol. The Labute approximate surface area is 179 Å². The number of furan rings is 1. The van der Waals surface area contributed by atoms with E-state index in [4.69, 9.17) is 4.42 Å². The van der Waals surface area contributed by atoms with Crippen LogP contribution in [0.4, 0.5) is 0 Å². The maximum atomic E-state index is 12.0. The molecule has 1 aliphatic heterocycles. The predicted octanol–water partition coefficient (Wildman–Crippen LogP) is 0.864. The van der Waals surface area contributed by atoms with Crippen molar-refractivity contribution in [3.63, 3.8) is 0 Å². The van der Waals surface area contributed by atoms with Crippen LogP contribution < -0.4 is 21.3 Å². The number of hydrogen-bond acceptors (Lipinski definition) is 5. The first-order chi connectivity index (χ1) is 14.5. The molecule has 0 atom stereocenters. The summed E-state index contributed by atoms with van der Waals surface area (Å²) < 4.78 is 5.19. The number of aryl methyl sites for hydroxylation is 1. The Morgan fingerprint density at radius 3 is 2.53 bits per heavy atom. The van der Waals surface area contributed by atoms with Crippen LogP contribution in [-0.4, -0.2) is 75.0 Å². The van der Waals surface area contributed by atoms with Gasteiger partial charge in [-0.1, -0.05) is 6.92 Å². The Morgan fingerprint density at radius 1 is 1.17 bits per heavy atom. The van der Waals surface area contributed by atoms with Crippen LogP contribution in [-0.2, 0) is 4.79 Å². The van der Waals surface area contributed by atoms with Crippen LogP contribution in [0.25, 0.3) is 0 Å². The van der Waals surface area contributed by atoms with Gasteiger partial charge in [0.25, 0.3) is 5.91 Å². The van der Waals surface area contributed by atoms with Gasteiger partial charge < -0.3 is 25.7 Å². The van der Waals surface area contributed by atoms with Crippen LogP contribution in [0, 0.1) is 6.92 Å². The Balaban J connectivity index is 1.58. The largest absolute Gasteiger partial charge is 0.459 e. The molecular weight excluding hydrogens is 384 g/mol. The summed E-state index contributed by atoms with van der Waals surface area (Å²) in [5.41, 5.74) is 0.836. The molecule has 0 unspecified atom stereocenters. The van der Waals surface area contributed by atoms with Crippen molar-refractivity contribution in [3.05, 3.63) is 23.7 Å². The van der Waals surface area contributed by atoms with E-state index in [1.165, 1.54) is 6.26 Å². The highest BCUT2D eigenvalue weighted by atomic mass is 16.3. The van der Waals surface area contributed by atoms with Crippen molar-refractivity contribution in [1.29, 1.82) is 0 Å². The van der Waals surface area contributed by atoms with Gasteiger partial charge in [-0.25, -0.2) is 0 Å². The van der Waals surface area contributed by atoms with Crippen molar-refractivity contribution in [2.45, 2.75) is 45.6 Å². The number of likely N-dealkylation sites (tertiary alicyclic amines) is 1. The van der Waals surface area contributed by atoms with E-state index >= 15 is 0 Å². The van der Waals surface area contributed by atoms with Gasteiger partial charge in [0.05, 0.1) is 12.8 Å². The summed E-state index contributed by atoms with van der Waals surface area (Å²) in [6.45, 7) is 8.17. The van der Waals surface area contributed by atoms with Crippen molar-refractivity contribution in [3.8, 4) is 0 Å². The summed E-state index contributed by atoms with van der Waals surface area (Å²) in [6, 6.07) is 2.12. The molecule has 9 heteroatoms. The van der Waals surface area contributed by atoms with E-state index in [1.807, 2.05) is 6.92 Å². The summed E-state index contributed by atoms with van der Waals surface area (Å²) in [4.78, 5) is 30.3. The van der Waals surface area contributed by atoms with Crippen LogP contribution in [0.2, 0.25) is 0 Å². The van der Waals surface area contributed by atoms with Gasteiger partial charge in [-0.15, -0.1) is 0 Å². The third-order valence-corrected chi connectivity index (χ3v) is 5.09. The molecule has 0 spiro atoms. The molecule has 2 heterocycles. The summed E-state index contributed by atoms with van der Waals surface area (Å²) in [5.74, 6) is 1.06. The van der Waals surface area contributed by atoms with Gasteiger partial charge in [0.1, 0.15) is 0 Å². The first kappa shape index (κ1) is 23.7. The lowest BCUT2D eigenvalue weighted by Gasteiger charge is -2.32. The van der Waals surface area contributed by atoms with Crippen LogP contribution >= 0.6 is 0 Å². The SMILES string of the molecule is CCCNC(=O)CN1CCC(NC(=NC)NCCCNC(=O)c2occc2C)CC1. The molecule has 1 aromatic heterocycles. The highest BCUT2D eigenvalue weighted by molar-refractivity contribution is 5.92. The fraction of sp³-hybridized carbons (Fsp3) is 0.667. The highest BCUT2D eigenvalue weighted by Crippen LogP contribution is 2.10. The zero-order valence-corrected chi connectivity index (χ0v) is 18.4. The quantitative estimate of drug-likeness (QED) is 0.254. The number of hydrogen-bond donors (Lipinski definition) is 4. The molecule has 2 amide bonds. The highest BCUT2D eigenvalue weighted by Gasteiger charge is 2.21. The molecule has 9 nitrogen and oxygen atoms in total. The van der Waals surface area contributed by atoms with E-state index in [-0.39, 0.29) is 11.8 Å². The second kappa shape index (κ2) is 12.9. The molecule has 168 valence electrons. The Bertz CT molecular complexity index is 695. The van der Waals surface area contributed by atoms with Gasteiger partial charge in [-0.05, 0) is 38.7 Å². The van der Waals surface area contributed by atoms with Gasteiger partial charge in [0, 0.05) is 51.4 Å². The fourth-order valence-corrected chi connectivity index (χ4v) is 3.33. The Hall–Kier alpha value is -2.55. The van der Waals surface area contributed by atoms with Crippen molar-refractivity contribution in [2.24, 2.45) is 4.99 Å². The summed E-state index contributed by atoms with van der Waals surface area (Å²) >= 11 is 0. The van der Waals surface area contributed by atoms with Gasteiger partial charge in [0.15, 0.2) is 11.7 Å². The fourth-order valence-electron chi connectivity index (χ4n) is 3.33. The zero-order valence-electron chi connectivity index (χ0n) is 18.4. The first-order valence-electron chi connectivity index (χ1n) is 10.8. The number of aliphatic imine (C=N–C) groups is 1. The van der Waals surface area contributed by atoms with Gasteiger partial charge in [-0.2, -0.15) is 0 Å². The smallest absolute Gasteiger partial charge is 0.287 e. The van der Waals surface area contributed by atoms with Gasteiger partial charge in [0.2, 0.25) is 5.91 Å². The van der Waals surface area contributed by atoms with E-state index in [0.29, 0.717) is 31.4 Å². The van der Waals surface area contributed by atoms with E-state index < -0.39 is 0 Å². The first-order valence-corrected chi connectivity index (χ1v) is 10.8. The van der Waals surface area contributed by atoms with Crippen LogP contribution in [0.15, 0.2) is 21.7 Å². The van der Waals surface area contributed by atoms with Crippen molar-refractivity contribution >= 4 is 17.8 Å². The summed E-state index contributed by atoms with van der Waals surface area (Å²) in [7, 11) is 1.75. The molecule has 30 heavy (non-hydrogen) atoms. The maximum absolute atomic E-state index is 12.0. The number of nitrogens with one attached hydrogen (secondary N) is 4. The van der Waals surface area contributed by atoms with Crippen LogP contribution in [0.5, 0.6) is 0 Å². The molecule has 0 saturated carbocycles. The topological polar surface area (TPSA) is 111 Å². The second-order valence-electron chi connectivity index (χ2n) is 7.59. The molecule has 1 saturated heterocycles. The van der Waals surface area contributed by atoms with Crippen LogP contribution in [0.3, 0.4) is 0 Å². The molecule has 1 aliphatic rings. The minimum Gasteiger partial charge on any atom is -0.459 e. The van der Waals surface area contributed by atoms with E-state index in [2.05, 4.69) is 38.1 Å². The molecule has 1 fully saturated rings. The van der Waals surface area contributed by atoms with E-state index in [0.717, 1.165) is 56.8 Å². The van der Waals surface area contributed by atoms with Crippen LogP contribution in [0.1, 0.15) is 48.7 Å². The van der Waals surface area contributed by atoms with Crippen molar-refractivity contribution in [2.75, 3.05) is 46.3 Å². The lowest BCUT2D eigenvalue weighted by atomic mass is 10.1. The predicted molar refractivity (Wildman–Crippen MR) is 118 cm³/mol. The van der Waals surface area contributed by atoms with Gasteiger partial charge in [-0.3, -0.25) is 19.5 Å². The third-order valence-electron chi connectivity index (χ3n) is 5.09. The number of amides is 2. The maximum Gasteiger partial charge on any atom is 0.287 e. The molecule has 1 aromatic rings. The Kier molecular flexibility index (Phi) is 10.2. The molecule has 0 aliphatic carbocycles. The molecule has 0 radical (unpaired) electrons. The lowest BCUT2D eigenvalue weighted by Crippen LogP contribution is -2.50. The average molecular weight is 421 g/mol. The number of nitrogens with zero attached hydrogens (tertiary/aromatic N) is 2. The lowest BCUT2D eigenvalue weighted by molar-refractivity contribution is -0.122. The number of piperidine rings is 1. The number of carbonyl (C=O) groups is 2. The minimum atomic E-state index is -0.185. The molecule has 0 bridgehead atoms. The van der Waals surface area contributed by atoms with Crippen molar-refractivity contribution in [1.82, 2.24) is 26.2 Å². The molecule has 0 aromatic carbocycles. The number of carbonyl (C=O) groups excluding carboxylic acids is 2. The standard InChI is InChI=1S/C21H36N6O3/c1-4-9-23-18(28)15-27-12-6-17(7-13-27)26-21(22-3)25-11-5-10-24-20(29)19-16(2)8-14-30-19/h8,14,17H,4-7,9-13,15H2,1-3H3,(H,23,28)(H,24,29)(H2,22,25,26). The zero-order chi connectivity index (χ0) is 21.8. The molecule has 4 N–H and O–H groups in total. The molecular formula is C21H36N6O3. The van der Waals surface area contributed by atoms with E-state index in [1.54, 1.807) is 13.1 Å². The third kappa shape index (κ3) is 8.06. The minimum absolute atomic E-state index is 0.107. The summed E-state index contributed by atoms with van der Waals surface area (Å²) in [5, 5.41) is 12.5. The normalized spacial score (nSPS) is 15.6. The average Bonchev–Trinajstić information content (AvgIpc) is 3.18.